The summed E-state index contributed by atoms with van der Waals surface area (Å²) in [6, 6.07) is 4.47. The molecule has 6 rings (SSSR count). The molecule has 1 aliphatic carbocycles. The number of carbonyl (C=O) groups excluding carboxylic acids is 1. The van der Waals surface area contributed by atoms with Gasteiger partial charge in [0.2, 0.25) is 0 Å². The van der Waals surface area contributed by atoms with Crippen molar-refractivity contribution in [3.63, 3.8) is 0 Å². The lowest BCUT2D eigenvalue weighted by Crippen LogP contribution is -2.33. The molecule has 1 unspecified atom stereocenters. The number of pyridine rings is 1. The second-order valence-electron chi connectivity index (χ2n) is 8.98. The first kappa shape index (κ1) is 18.1. The number of aromatic amines is 1. The van der Waals surface area contributed by atoms with Crippen molar-refractivity contribution in [2.24, 2.45) is 17.6 Å². The van der Waals surface area contributed by atoms with E-state index in [1.165, 1.54) is 10.3 Å². The van der Waals surface area contributed by atoms with Gasteiger partial charge in [0.1, 0.15) is 6.33 Å². The summed E-state index contributed by atoms with van der Waals surface area (Å²) in [5.41, 5.74) is 12.4. The van der Waals surface area contributed by atoms with Crippen molar-refractivity contribution in [1.82, 2.24) is 24.5 Å². The molecule has 3 atom stereocenters. The number of likely N-dealkylation sites (tertiary alicyclic amines) is 1. The Labute approximate surface area is 177 Å². The minimum absolute atomic E-state index is 0.139. The Kier molecular flexibility index (Phi) is 3.71. The number of thiophene rings is 1. The highest BCUT2D eigenvalue weighted by atomic mass is 32.1. The fraction of sp³-hybridized carbons (Fsp3) is 0.409. The van der Waals surface area contributed by atoms with Gasteiger partial charge in [-0.2, -0.15) is 5.10 Å². The van der Waals surface area contributed by atoms with Gasteiger partial charge >= 0.3 is 0 Å². The lowest BCUT2D eigenvalue weighted by molar-refractivity contribution is 0.0778. The van der Waals surface area contributed by atoms with Crippen LogP contribution in [0.5, 0.6) is 0 Å². The van der Waals surface area contributed by atoms with Gasteiger partial charge in [-0.1, -0.05) is 13.8 Å². The molecule has 1 saturated heterocycles. The van der Waals surface area contributed by atoms with Gasteiger partial charge < -0.3 is 15.6 Å². The molecule has 2 fully saturated rings. The normalized spacial score (nSPS) is 23.1. The van der Waals surface area contributed by atoms with Gasteiger partial charge in [-0.3, -0.25) is 4.79 Å². The van der Waals surface area contributed by atoms with Crippen molar-refractivity contribution in [1.29, 1.82) is 0 Å². The first-order valence-electron chi connectivity index (χ1n) is 10.4. The van der Waals surface area contributed by atoms with Crippen molar-refractivity contribution in [3.8, 4) is 11.3 Å². The maximum atomic E-state index is 13.0. The van der Waals surface area contributed by atoms with Gasteiger partial charge in [-0.15, -0.1) is 11.3 Å². The molecule has 7 nitrogen and oxygen atoms in total. The topological polar surface area (TPSA) is 92.3 Å². The predicted molar refractivity (Wildman–Crippen MR) is 118 cm³/mol. The van der Waals surface area contributed by atoms with Gasteiger partial charge in [-0.05, 0) is 47.9 Å². The molecule has 3 N–H and O–H groups in total. The van der Waals surface area contributed by atoms with Crippen molar-refractivity contribution in [2.45, 2.75) is 32.7 Å². The van der Waals surface area contributed by atoms with Crippen molar-refractivity contribution in [3.05, 3.63) is 40.7 Å². The third-order valence-electron chi connectivity index (χ3n) is 6.69. The molecule has 1 aliphatic heterocycles. The SMILES string of the molecule is Cc1cc(-c2[nH]c3cc(C(=O)N4C[C@@H]5C(N)[C@@H]5C4)sc3c2C(C)C)cn2ncnc12. The minimum atomic E-state index is 0.139. The number of H-pyrrole nitrogens is 1. The largest absolute Gasteiger partial charge is 0.354 e. The average Bonchev–Trinajstić information content (AvgIpc) is 3.28. The second-order valence-corrected chi connectivity index (χ2v) is 10.0. The number of nitrogens with one attached hydrogen (secondary N) is 1. The van der Waals surface area contributed by atoms with Crippen LogP contribution in [0.15, 0.2) is 24.7 Å². The quantitative estimate of drug-likeness (QED) is 0.531. The van der Waals surface area contributed by atoms with E-state index in [-0.39, 0.29) is 5.91 Å². The smallest absolute Gasteiger partial charge is 0.264 e. The van der Waals surface area contributed by atoms with Gasteiger partial charge in [0.25, 0.3) is 5.91 Å². The summed E-state index contributed by atoms with van der Waals surface area (Å²) in [7, 11) is 0. The van der Waals surface area contributed by atoms with Crippen LogP contribution in [0.2, 0.25) is 0 Å². The molecule has 1 saturated carbocycles. The number of hydrogen-bond acceptors (Lipinski definition) is 5. The van der Waals surface area contributed by atoms with E-state index in [1.807, 2.05) is 21.7 Å². The Morgan fingerprint density at radius 1 is 1.30 bits per heavy atom. The summed E-state index contributed by atoms with van der Waals surface area (Å²) in [6.07, 6.45) is 3.60. The Bertz CT molecular complexity index is 1300. The monoisotopic (exact) mass is 420 g/mol. The predicted octanol–water partition coefficient (Wildman–Crippen LogP) is 3.40. The van der Waals surface area contributed by atoms with E-state index in [9.17, 15) is 4.79 Å². The molecule has 5 heterocycles. The lowest BCUT2D eigenvalue weighted by Gasteiger charge is -2.18. The van der Waals surface area contributed by atoms with Crippen molar-refractivity contribution in [2.75, 3.05) is 13.1 Å². The highest BCUT2D eigenvalue weighted by Crippen LogP contribution is 2.45. The summed E-state index contributed by atoms with van der Waals surface area (Å²) < 4.78 is 2.99. The maximum absolute atomic E-state index is 13.0. The first-order valence-corrected chi connectivity index (χ1v) is 11.2. The molecule has 0 aromatic carbocycles. The molecular weight excluding hydrogens is 396 g/mol. The number of aryl methyl sites for hydroxylation is 1. The van der Waals surface area contributed by atoms with E-state index < -0.39 is 0 Å². The lowest BCUT2D eigenvalue weighted by atomic mass is 9.99. The number of nitrogens with zero attached hydrogens (tertiary/aromatic N) is 4. The standard InChI is InChI=1S/C22H24N6OS/c1-10(2)17-19(12-4-11(3)21-24-9-25-28(21)6-12)26-15-5-16(30-20(15)17)22(29)27-7-13-14(8-27)18(13)23/h4-6,9-10,13-14,18,26H,7-8,23H2,1-3H3/t13-,14+,18?. The van der Waals surface area contributed by atoms with Gasteiger partial charge in [0.15, 0.2) is 5.65 Å². The van der Waals surface area contributed by atoms with Crippen molar-refractivity contribution < 1.29 is 4.79 Å². The van der Waals surface area contributed by atoms with Crippen LogP contribution in [0.3, 0.4) is 0 Å². The zero-order valence-electron chi connectivity index (χ0n) is 17.2. The van der Waals surface area contributed by atoms with Crippen LogP contribution in [0, 0.1) is 18.8 Å². The van der Waals surface area contributed by atoms with E-state index in [0.29, 0.717) is 23.8 Å². The summed E-state index contributed by atoms with van der Waals surface area (Å²) >= 11 is 1.60. The van der Waals surface area contributed by atoms with E-state index in [2.05, 4.69) is 41.9 Å². The summed E-state index contributed by atoms with van der Waals surface area (Å²) in [5, 5.41) is 4.31. The van der Waals surface area contributed by atoms with Crippen LogP contribution in [-0.2, 0) is 0 Å². The Hall–Kier alpha value is -2.71. The molecule has 30 heavy (non-hydrogen) atoms. The number of rotatable bonds is 3. The van der Waals surface area contributed by atoms with Crippen LogP contribution in [0.25, 0.3) is 27.1 Å². The van der Waals surface area contributed by atoms with Crippen molar-refractivity contribution >= 4 is 33.1 Å². The zero-order valence-corrected chi connectivity index (χ0v) is 18.0. The maximum Gasteiger partial charge on any atom is 0.264 e. The molecule has 154 valence electrons. The summed E-state index contributed by atoms with van der Waals surface area (Å²) in [5.74, 6) is 1.47. The molecular formula is C22H24N6OS. The minimum Gasteiger partial charge on any atom is -0.354 e. The number of amides is 1. The molecule has 4 aromatic rings. The van der Waals surface area contributed by atoms with E-state index in [0.717, 1.165) is 46.0 Å². The van der Waals surface area contributed by atoms with Gasteiger partial charge in [-0.25, -0.2) is 9.50 Å². The number of hydrogen-bond donors (Lipinski definition) is 2. The number of piperidine rings is 1. The Balaban J connectivity index is 1.41. The summed E-state index contributed by atoms with van der Waals surface area (Å²) in [6.45, 7) is 8.05. The Morgan fingerprint density at radius 3 is 2.80 bits per heavy atom. The van der Waals surface area contributed by atoms with Crippen LogP contribution in [-0.4, -0.2) is 49.5 Å². The second kappa shape index (κ2) is 6.15. The zero-order chi connectivity index (χ0) is 20.7. The fourth-order valence-electron chi connectivity index (χ4n) is 5.01. The molecule has 8 heteroatoms. The van der Waals surface area contributed by atoms with Crippen LogP contribution in [0.4, 0.5) is 0 Å². The third-order valence-corrected chi connectivity index (χ3v) is 7.85. The summed E-state index contributed by atoms with van der Waals surface area (Å²) in [4.78, 5) is 23.7. The van der Waals surface area contributed by atoms with Crippen LogP contribution in [0.1, 0.15) is 40.6 Å². The van der Waals surface area contributed by atoms with E-state index in [1.54, 1.807) is 17.7 Å². The molecule has 0 radical (unpaired) electrons. The number of nitrogens with two attached hydrogens (primary N) is 1. The van der Waals surface area contributed by atoms with Crippen LogP contribution < -0.4 is 5.73 Å². The number of fused-ring (bicyclic) bond motifs is 3. The molecule has 0 bridgehead atoms. The third kappa shape index (κ3) is 2.50. The molecule has 1 amide bonds. The van der Waals surface area contributed by atoms with Gasteiger partial charge in [0, 0.05) is 30.9 Å². The average molecular weight is 421 g/mol. The first-order chi connectivity index (χ1) is 14.4. The Morgan fingerprint density at radius 2 is 2.07 bits per heavy atom. The fourth-order valence-corrected chi connectivity index (χ4v) is 6.29. The number of aromatic nitrogens is 4. The van der Waals surface area contributed by atoms with Crippen LogP contribution >= 0.6 is 11.3 Å². The molecule has 0 spiro atoms. The molecule has 2 aliphatic rings. The highest BCUT2D eigenvalue weighted by Gasteiger charge is 2.54. The molecule has 4 aromatic heterocycles. The van der Waals surface area contributed by atoms with E-state index in [4.69, 9.17) is 5.73 Å². The highest BCUT2D eigenvalue weighted by molar-refractivity contribution is 7.21. The van der Waals surface area contributed by atoms with Gasteiger partial charge in [0.05, 0.1) is 20.8 Å². The van der Waals surface area contributed by atoms with E-state index >= 15 is 0 Å². The number of carbonyl (C=O) groups is 1.